The smallest absolute Gasteiger partial charge is 0.233 e. The van der Waals surface area contributed by atoms with Crippen molar-refractivity contribution in [2.45, 2.75) is 18.2 Å². The summed E-state index contributed by atoms with van der Waals surface area (Å²) in [5, 5.41) is 0.712. The van der Waals surface area contributed by atoms with Crippen LogP contribution in [-0.2, 0) is 4.79 Å². The maximum atomic E-state index is 12.7. The summed E-state index contributed by atoms with van der Waals surface area (Å²) < 4.78 is 17.0. The van der Waals surface area contributed by atoms with Gasteiger partial charge in [-0.3, -0.25) is 4.79 Å². The van der Waals surface area contributed by atoms with E-state index >= 15 is 0 Å². The number of fused-ring (bicyclic) bond motifs is 2. The number of carbonyl (C=O) groups excluding carboxylic acids is 1. The lowest BCUT2D eigenvalue weighted by Gasteiger charge is -2.30. The number of hydrogen-bond acceptors (Lipinski definition) is 6. The van der Waals surface area contributed by atoms with Crippen molar-refractivity contribution in [1.82, 2.24) is 14.9 Å². The highest BCUT2D eigenvalue weighted by atomic mass is 32.2. The molecule has 0 radical (unpaired) electrons. The third-order valence-corrected chi connectivity index (χ3v) is 5.58. The van der Waals surface area contributed by atoms with Crippen molar-refractivity contribution >= 4 is 28.7 Å². The van der Waals surface area contributed by atoms with Crippen LogP contribution in [0.4, 0.5) is 0 Å². The first kappa shape index (κ1) is 19.4. The normalized spacial score (nSPS) is 15.3. The maximum Gasteiger partial charge on any atom is 0.233 e. The Morgan fingerprint density at radius 3 is 2.93 bits per heavy atom. The van der Waals surface area contributed by atoms with E-state index < -0.39 is 0 Å². The van der Waals surface area contributed by atoms with Crippen LogP contribution < -0.4 is 14.2 Å². The van der Waals surface area contributed by atoms with E-state index in [0.29, 0.717) is 30.6 Å². The zero-order chi connectivity index (χ0) is 20.2. The first-order valence-corrected chi connectivity index (χ1v) is 10.5. The second-order valence-electron chi connectivity index (χ2n) is 6.64. The molecule has 4 rings (SSSR count). The maximum absolute atomic E-state index is 12.7. The Hall–Kier alpha value is -2.87. The van der Waals surface area contributed by atoms with E-state index in [-0.39, 0.29) is 12.0 Å². The third-order valence-electron chi connectivity index (χ3n) is 4.73. The second kappa shape index (κ2) is 8.65. The molecular formula is C21H23N3O4S. The van der Waals surface area contributed by atoms with Crippen molar-refractivity contribution in [2.24, 2.45) is 0 Å². The number of methoxy groups -OCH3 is 1. The Bertz CT molecular complexity index is 1010. The van der Waals surface area contributed by atoms with Crippen LogP contribution >= 0.6 is 11.8 Å². The van der Waals surface area contributed by atoms with Crippen molar-refractivity contribution in [3.05, 3.63) is 42.5 Å². The van der Waals surface area contributed by atoms with E-state index in [1.54, 1.807) is 12.0 Å². The Morgan fingerprint density at radius 1 is 1.31 bits per heavy atom. The molecule has 0 bridgehead atoms. The van der Waals surface area contributed by atoms with Gasteiger partial charge in [0.2, 0.25) is 5.91 Å². The van der Waals surface area contributed by atoms with Crippen molar-refractivity contribution in [3.8, 4) is 17.2 Å². The number of aromatic nitrogens is 2. The molecule has 1 amide bonds. The van der Waals surface area contributed by atoms with E-state index in [4.69, 9.17) is 14.2 Å². The highest BCUT2D eigenvalue weighted by Gasteiger charge is 2.25. The van der Waals surface area contributed by atoms with Gasteiger partial charge in [-0.2, -0.15) is 0 Å². The number of rotatable bonds is 7. The first-order chi connectivity index (χ1) is 14.2. The third kappa shape index (κ3) is 4.42. The minimum atomic E-state index is -0.183. The molecule has 1 aliphatic rings. The van der Waals surface area contributed by atoms with Gasteiger partial charge in [0.1, 0.15) is 12.4 Å². The number of thioether (sulfide) groups is 1. The van der Waals surface area contributed by atoms with Gasteiger partial charge in [-0.25, -0.2) is 4.98 Å². The number of nitrogens with zero attached hydrogens (tertiary/aromatic N) is 2. The van der Waals surface area contributed by atoms with E-state index in [9.17, 15) is 4.79 Å². The van der Waals surface area contributed by atoms with E-state index in [1.807, 2.05) is 49.4 Å². The molecule has 2 heterocycles. The molecule has 8 heteroatoms. The summed E-state index contributed by atoms with van der Waals surface area (Å²) in [6, 6.07) is 13.2. The number of aromatic amines is 1. The van der Waals surface area contributed by atoms with Gasteiger partial charge in [0, 0.05) is 12.6 Å². The monoisotopic (exact) mass is 413 g/mol. The summed E-state index contributed by atoms with van der Waals surface area (Å²) in [7, 11) is 1.63. The van der Waals surface area contributed by atoms with Gasteiger partial charge >= 0.3 is 0 Å². The molecule has 1 aromatic heterocycles. The minimum absolute atomic E-state index is 0.0398. The Labute approximate surface area is 173 Å². The molecule has 0 saturated carbocycles. The lowest BCUT2D eigenvalue weighted by molar-refractivity contribution is -0.129. The molecule has 0 unspecified atom stereocenters. The van der Waals surface area contributed by atoms with Crippen LogP contribution in [0.15, 0.2) is 47.6 Å². The minimum Gasteiger partial charge on any atom is -0.497 e. The number of carbonyl (C=O) groups is 1. The van der Waals surface area contributed by atoms with Gasteiger partial charge in [-0.05, 0) is 31.2 Å². The largest absolute Gasteiger partial charge is 0.497 e. The van der Waals surface area contributed by atoms with Crippen LogP contribution in [-0.4, -0.2) is 59.4 Å². The predicted octanol–water partition coefficient (Wildman–Crippen LogP) is 3.35. The predicted molar refractivity (Wildman–Crippen MR) is 112 cm³/mol. The van der Waals surface area contributed by atoms with Crippen molar-refractivity contribution in [2.75, 3.05) is 32.6 Å². The number of para-hydroxylation sites is 2. The van der Waals surface area contributed by atoms with Crippen LogP contribution in [0, 0.1) is 0 Å². The molecular weight excluding hydrogens is 390 g/mol. The number of H-pyrrole nitrogens is 1. The summed E-state index contributed by atoms with van der Waals surface area (Å²) in [4.78, 5) is 22.3. The van der Waals surface area contributed by atoms with Crippen molar-refractivity contribution in [3.63, 3.8) is 0 Å². The Balaban J connectivity index is 1.34. The van der Waals surface area contributed by atoms with Gasteiger partial charge in [0.15, 0.2) is 22.8 Å². The van der Waals surface area contributed by atoms with Crippen LogP contribution in [0.2, 0.25) is 0 Å². The molecule has 3 aromatic rings. The molecule has 1 N–H and O–H groups in total. The van der Waals surface area contributed by atoms with Crippen LogP contribution in [0.25, 0.3) is 11.0 Å². The van der Waals surface area contributed by atoms with Crippen LogP contribution in [0.5, 0.6) is 17.2 Å². The fraction of sp³-hybridized carbons (Fsp3) is 0.333. The van der Waals surface area contributed by atoms with Gasteiger partial charge in [0.05, 0.1) is 30.4 Å². The van der Waals surface area contributed by atoms with Gasteiger partial charge in [-0.15, -0.1) is 0 Å². The molecule has 0 aliphatic carbocycles. The van der Waals surface area contributed by atoms with Gasteiger partial charge in [-0.1, -0.05) is 23.9 Å². The molecule has 0 saturated heterocycles. The SMILES string of the molecule is CCN(C[C@@H]1COc2ccccc2O1)C(=O)CSc1nc2ccc(OC)cc2[nH]1. The summed E-state index contributed by atoms with van der Waals surface area (Å²) in [6.07, 6.45) is -0.183. The van der Waals surface area contributed by atoms with Gasteiger partial charge < -0.3 is 24.1 Å². The number of benzene rings is 2. The zero-order valence-corrected chi connectivity index (χ0v) is 17.2. The lowest BCUT2D eigenvalue weighted by Crippen LogP contribution is -2.44. The quantitative estimate of drug-likeness (QED) is 0.599. The van der Waals surface area contributed by atoms with E-state index in [2.05, 4.69) is 9.97 Å². The van der Waals surface area contributed by atoms with E-state index in [1.165, 1.54) is 11.8 Å². The summed E-state index contributed by atoms with van der Waals surface area (Å²) in [5.74, 6) is 2.57. The fourth-order valence-corrected chi connectivity index (χ4v) is 3.98. The first-order valence-electron chi connectivity index (χ1n) is 9.49. The van der Waals surface area contributed by atoms with E-state index in [0.717, 1.165) is 28.3 Å². The molecule has 2 aromatic carbocycles. The molecule has 7 nitrogen and oxygen atoms in total. The Kier molecular flexibility index (Phi) is 5.80. The summed E-state index contributed by atoms with van der Waals surface area (Å²) in [6.45, 7) is 3.49. The van der Waals surface area contributed by atoms with Gasteiger partial charge in [0.25, 0.3) is 0 Å². The molecule has 1 aliphatic heterocycles. The molecule has 1 atom stereocenters. The highest BCUT2D eigenvalue weighted by molar-refractivity contribution is 7.99. The number of imidazole rings is 1. The average Bonchev–Trinajstić information content (AvgIpc) is 3.17. The lowest BCUT2D eigenvalue weighted by atomic mass is 10.2. The molecule has 152 valence electrons. The molecule has 0 spiro atoms. The highest BCUT2D eigenvalue weighted by Crippen LogP contribution is 2.31. The number of ether oxygens (including phenoxy) is 3. The Morgan fingerprint density at radius 2 is 2.14 bits per heavy atom. The molecule has 29 heavy (non-hydrogen) atoms. The van der Waals surface area contributed by atoms with Crippen molar-refractivity contribution < 1.29 is 19.0 Å². The average molecular weight is 413 g/mol. The standard InChI is InChI=1S/C21H23N3O4S/c1-3-24(11-15-12-27-18-6-4-5-7-19(18)28-15)20(25)13-29-21-22-16-9-8-14(26-2)10-17(16)23-21/h4-10,15H,3,11-13H2,1-2H3,(H,22,23)/t15-/m1/s1. The number of amides is 1. The summed E-state index contributed by atoms with van der Waals surface area (Å²) >= 11 is 1.39. The molecule has 0 fully saturated rings. The van der Waals surface area contributed by atoms with Crippen LogP contribution in [0.1, 0.15) is 6.92 Å². The number of nitrogens with one attached hydrogen (secondary N) is 1. The summed E-state index contributed by atoms with van der Waals surface area (Å²) in [5.41, 5.74) is 1.73. The fourth-order valence-electron chi connectivity index (χ4n) is 3.19. The number of likely N-dealkylation sites (N-methyl/N-ethyl adjacent to an activating group) is 1. The number of hydrogen-bond donors (Lipinski definition) is 1. The topological polar surface area (TPSA) is 76.7 Å². The zero-order valence-electron chi connectivity index (χ0n) is 16.4. The second-order valence-corrected chi connectivity index (χ2v) is 7.61. The van der Waals surface area contributed by atoms with Crippen LogP contribution in [0.3, 0.4) is 0 Å². The van der Waals surface area contributed by atoms with Crippen molar-refractivity contribution in [1.29, 1.82) is 0 Å².